The normalized spacial score (nSPS) is 18.7. The van der Waals surface area contributed by atoms with E-state index in [1.807, 2.05) is 18.2 Å². The van der Waals surface area contributed by atoms with Crippen molar-refractivity contribution in [2.45, 2.75) is 18.2 Å². The summed E-state index contributed by atoms with van der Waals surface area (Å²) in [6, 6.07) is 10.0. The molecule has 1 aliphatic rings. The monoisotopic (exact) mass is 278 g/mol. The SMILES string of the molecule is CN1CC(NC(=O)CSCc2ccccc2)CC1=O. The predicted octanol–water partition coefficient (Wildman–Crippen LogP) is 1.27. The van der Waals surface area contributed by atoms with E-state index in [1.165, 1.54) is 5.56 Å². The molecule has 1 fully saturated rings. The quantitative estimate of drug-likeness (QED) is 0.882. The van der Waals surface area contributed by atoms with Crippen LogP contribution in [-0.4, -0.2) is 42.1 Å². The molecule has 0 saturated carbocycles. The van der Waals surface area contributed by atoms with Gasteiger partial charge in [-0.25, -0.2) is 0 Å². The van der Waals surface area contributed by atoms with Gasteiger partial charge >= 0.3 is 0 Å². The van der Waals surface area contributed by atoms with Crippen LogP contribution in [0, 0.1) is 0 Å². The smallest absolute Gasteiger partial charge is 0.230 e. The van der Waals surface area contributed by atoms with Gasteiger partial charge in [0.05, 0.1) is 11.8 Å². The van der Waals surface area contributed by atoms with Crippen LogP contribution in [0.5, 0.6) is 0 Å². The van der Waals surface area contributed by atoms with E-state index in [1.54, 1.807) is 23.7 Å². The molecule has 102 valence electrons. The molecular formula is C14H18N2O2S. The molecule has 2 rings (SSSR count). The molecule has 4 nitrogen and oxygen atoms in total. The van der Waals surface area contributed by atoms with Crippen LogP contribution in [0.2, 0.25) is 0 Å². The summed E-state index contributed by atoms with van der Waals surface area (Å²) in [5.41, 5.74) is 1.22. The number of carbonyl (C=O) groups is 2. The molecule has 0 spiro atoms. The first-order valence-electron chi connectivity index (χ1n) is 6.30. The lowest BCUT2D eigenvalue weighted by Gasteiger charge is -2.12. The van der Waals surface area contributed by atoms with Gasteiger partial charge in [0.25, 0.3) is 0 Å². The second-order valence-corrected chi connectivity index (χ2v) is 5.71. The van der Waals surface area contributed by atoms with E-state index < -0.39 is 0 Å². The summed E-state index contributed by atoms with van der Waals surface area (Å²) in [6.45, 7) is 0.619. The van der Waals surface area contributed by atoms with Crippen molar-refractivity contribution in [1.29, 1.82) is 0 Å². The summed E-state index contributed by atoms with van der Waals surface area (Å²) >= 11 is 1.59. The molecule has 1 atom stereocenters. The number of rotatable bonds is 5. The molecule has 1 saturated heterocycles. The number of nitrogens with zero attached hydrogens (tertiary/aromatic N) is 1. The van der Waals surface area contributed by atoms with Gasteiger partial charge in [-0.2, -0.15) is 0 Å². The van der Waals surface area contributed by atoms with Crippen LogP contribution in [0.4, 0.5) is 0 Å². The van der Waals surface area contributed by atoms with Gasteiger partial charge in [0.15, 0.2) is 0 Å². The Bertz CT molecular complexity index is 450. The minimum Gasteiger partial charge on any atom is -0.350 e. The fourth-order valence-electron chi connectivity index (χ4n) is 2.07. The van der Waals surface area contributed by atoms with Crippen LogP contribution in [0.1, 0.15) is 12.0 Å². The molecular weight excluding hydrogens is 260 g/mol. The maximum absolute atomic E-state index is 11.7. The Kier molecular flexibility index (Phi) is 4.85. The van der Waals surface area contributed by atoms with E-state index in [9.17, 15) is 9.59 Å². The first-order chi connectivity index (χ1) is 9.15. The van der Waals surface area contributed by atoms with Gasteiger partial charge < -0.3 is 10.2 Å². The summed E-state index contributed by atoms with van der Waals surface area (Å²) < 4.78 is 0. The molecule has 0 radical (unpaired) electrons. The number of hydrogen-bond acceptors (Lipinski definition) is 3. The molecule has 0 aliphatic carbocycles. The van der Waals surface area contributed by atoms with Crippen LogP contribution in [-0.2, 0) is 15.3 Å². The Morgan fingerprint density at radius 1 is 1.42 bits per heavy atom. The van der Waals surface area contributed by atoms with E-state index >= 15 is 0 Å². The molecule has 5 heteroatoms. The van der Waals surface area contributed by atoms with Gasteiger partial charge in [-0.3, -0.25) is 9.59 Å². The highest BCUT2D eigenvalue weighted by molar-refractivity contribution is 7.99. The molecule has 19 heavy (non-hydrogen) atoms. The van der Waals surface area contributed by atoms with Crippen molar-refractivity contribution in [1.82, 2.24) is 10.2 Å². The number of hydrogen-bond donors (Lipinski definition) is 1. The Morgan fingerprint density at radius 2 is 2.16 bits per heavy atom. The molecule has 1 N–H and O–H groups in total. The number of nitrogens with one attached hydrogen (secondary N) is 1. The van der Waals surface area contributed by atoms with Crippen LogP contribution < -0.4 is 5.32 Å². The topological polar surface area (TPSA) is 49.4 Å². The summed E-state index contributed by atoms with van der Waals surface area (Å²) in [7, 11) is 1.76. The Labute approximate surface area is 117 Å². The Morgan fingerprint density at radius 3 is 2.79 bits per heavy atom. The van der Waals surface area contributed by atoms with Gasteiger partial charge in [-0.1, -0.05) is 30.3 Å². The largest absolute Gasteiger partial charge is 0.350 e. The third kappa shape index (κ3) is 4.28. The molecule has 0 bridgehead atoms. The van der Waals surface area contributed by atoms with Gasteiger partial charge in [-0.15, -0.1) is 11.8 Å². The second-order valence-electron chi connectivity index (χ2n) is 4.72. The van der Waals surface area contributed by atoms with Crippen LogP contribution >= 0.6 is 11.8 Å². The zero-order valence-electron chi connectivity index (χ0n) is 11.0. The average Bonchev–Trinajstić information content (AvgIpc) is 2.69. The van der Waals surface area contributed by atoms with Gasteiger partial charge in [-0.05, 0) is 5.56 Å². The Balaban J connectivity index is 1.67. The highest BCUT2D eigenvalue weighted by atomic mass is 32.2. The fraction of sp³-hybridized carbons (Fsp3) is 0.429. The van der Waals surface area contributed by atoms with Crippen molar-refractivity contribution < 1.29 is 9.59 Å². The minimum absolute atomic E-state index is 0.00836. The van der Waals surface area contributed by atoms with E-state index in [4.69, 9.17) is 0 Å². The maximum atomic E-state index is 11.7. The molecule has 0 aromatic heterocycles. The number of carbonyl (C=O) groups excluding carboxylic acids is 2. The van der Waals surface area contributed by atoms with E-state index in [0.29, 0.717) is 18.7 Å². The molecule has 1 aliphatic heterocycles. The van der Waals surface area contributed by atoms with Crippen molar-refractivity contribution in [3.05, 3.63) is 35.9 Å². The molecule has 2 amide bonds. The van der Waals surface area contributed by atoms with Crippen molar-refractivity contribution in [3.8, 4) is 0 Å². The van der Waals surface area contributed by atoms with Gasteiger partial charge in [0, 0.05) is 25.8 Å². The summed E-state index contributed by atoms with van der Waals surface area (Å²) in [5, 5.41) is 2.90. The van der Waals surface area contributed by atoms with Crippen molar-refractivity contribution in [2.24, 2.45) is 0 Å². The summed E-state index contributed by atoms with van der Waals surface area (Å²) in [5.74, 6) is 1.37. The molecule has 1 unspecified atom stereocenters. The van der Waals surface area contributed by atoms with Gasteiger partial charge in [0.1, 0.15) is 0 Å². The van der Waals surface area contributed by atoms with Crippen molar-refractivity contribution >= 4 is 23.6 Å². The maximum Gasteiger partial charge on any atom is 0.230 e. The number of amides is 2. The number of thioether (sulfide) groups is 1. The third-order valence-electron chi connectivity index (χ3n) is 3.05. The van der Waals surface area contributed by atoms with E-state index in [0.717, 1.165) is 5.75 Å². The van der Waals surface area contributed by atoms with E-state index in [2.05, 4.69) is 17.4 Å². The lowest BCUT2D eigenvalue weighted by molar-refractivity contribution is -0.126. The first-order valence-corrected chi connectivity index (χ1v) is 7.45. The Hall–Kier alpha value is -1.49. The number of benzene rings is 1. The number of likely N-dealkylation sites (tertiary alicyclic amines) is 1. The molecule has 1 aromatic rings. The number of likely N-dealkylation sites (N-methyl/N-ethyl adjacent to an activating group) is 1. The van der Waals surface area contributed by atoms with Crippen molar-refractivity contribution in [3.63, 3.8) is 0 Å². The zero-order valence-corrected chi connectivity index (χ0v) is 11.8. The van der Waals surface area contributed by atoms with Crippen LogP contribution in [0.15, 0.2) is 30.3 Å². The fourth-order valence-corrected chi connectivity index (χ4v) is 2.86. The highest BCUT2D eigenvalue weighted by Crippen LogP contribution is 2.12. The molecule has 1 aromatic carbocycles. The van der Waals surface area contributed by atoms with Crippen molar-refractivity contribution in [2.75, 3.05) is 19.3 Å². The first kappa shape index (κ1) is 13.9. The van der Waals surface area contributed by atoms with E-state index in [-0.39, 0.29) is 17.9 Å². The summed E-state index contributed by atoms with van der Waals surface area (Å²) in [6.07, 6.45) is 0.422. The third-order valence-corrected chi connectivity index (χ3v) is 4.05. The standard InChI is InChI=1S/C14H18N2O2S/c1-16-8-12(7-14(16)18)15-13(17)10-19-9-11-5-3-2-4-6-11/h2-6,12H,7-10H2,1H3,(H,15,17). The van der Waals surface area contributed by atoms with Gasteiger partial charge in [0.2, 0.25) is 11.8 Å². The second kappa shape index (κ2) is 6.61. The van der Waals surface area contributed by atoms with Crippen LogP contribution in [0.25, 0.3) is 0 Å². The lowest BCUT2D eigenvalue weighted by Crippen LogP contribution is -2.37. The predicted molar refractivity (Wildman–Crippen MR) is 76.8 cm³/mol. The average molecular weight is 278 g/mol. The summed E-state index contributed by atoms with van der Waals surface area (Å²) in [4.78, 5) is 24.7. The highest BCUT2D eigenvalue weighted by Gasteiger charge is 2.27. The minimum atomic E-state index is -0.0256. The molecule has 1 heterocycles. The lowest BCUT2D eigenvalue weighted by atomic mass is 10.2. The van der Waals surface area contributed by atoms with Crippen LogP contribution in [0.3, 0.4) is 0 Å². The zero-order chi connectivity index (χ0) is 13.7.